The van der Waals surface area contributed by atoms with E-state index in [0.29, 0.717) is 12.8 Å². The first-order valence-corrected chi connectivity index (χ1v) is 21.7. The predicted octanol–water partition coefficient (Wildman–Crippen LogP) is 4.36. The van der Waals surface area contributed by atoms with E-state index in [0.717, 1.165) is 32.1 Å². The van der Waals surface area contributed by atoms with Gasteiger partial charge in [-0.05, 0) is 85.7 Å². The van der Waals surface area contributed by atoms with Crippen molar-refractivity contribution in [3.8, 4) is 0 Å². The molecule has 0 aromatic rings. The molecule has 0 bridgehead atoms. The van der Waals surface area contributed by atoms with E-state index < -0.39 is 96.4 Å². The SMILES string of the molecule is CC(=O)OC[C@H]1O[C@@H](O[C@H]2CC[C@]3(C)C4=C(CC[C@H]3C2)C2=C[C@@H]3O[C@@H]5[C@@H]([C@@H](OC(C)=O)O[C@@H]5[C@](O)(C(C)=O)C(C)C)[C@@H]3[C@@]2(C)CC4)[C@H](OC(C)=O)[C@@H](OC(C)=O)[C@@H]1OC(C)=O. The summed E-state index contributed by atoms with van der Waals surface area (Å²) < 4.78 is 53.9. The molecule has 338 valence electrons. The summed E-state index contributed by atoms with van der Waals surface area (Å²) in [6.07, 6.45) is -1.71. The van der Waals surface area contributed by atoms with E-state index in [1.54, 1.807) is 13.8 Å². The van der Waals surface area contributed by atoms with E-state index >= 15 is 0 Å². The van der Waals surface area contributed by atoms with Gasteiger partial charge >= 0.3 is 29.8 Å². The zero-order valence-corrected chi connectivity index (χ0v) is 36.9. The highest BCUT2D eigenvalue weighted by atomic mass is 16.7. The number of rotatable bonds is 11. The van der Waals surface area contributed by atoms with Gasteiger partial charge in [0.25, 0.3) is 0 Å². The number of hydrogen-bond donors (Lipinski definition) is 1. The van der Waals surface area contributed by atoms with Gasteiger partial charge in [0.2, 0.25) is 6.29 Å². The number of ketones is 1. The van der Waals surface area contributed by atoms with Crippen LogP contribution >= 0.6 is 0 Å². The Labute approximate surface area is 356 Å². The lowest BCUT2D eigenvalue weighted by Crippen LogP contribution is -2.63. The zero-order valence-electron chi connectivity index (χ0n) is 36.9. The van der Waals surface area contributed by atoms with Crippen molar-refractivity contribution >= 4 is 35.6 Å². The number of fused-ring (bicyclic) bond motifs is 8. The Balaban J connectivity index is 1.13. The Hall–Kier alpha value is -3.70. The number of hydrogen-bond acceptors (Lipinski definition) is 16. The van der Waals surface area contributed by atoms with Gasteiger partial charge in [0.1, 0.15) is 18.8 Å². The Morgan fingerprint density at radius 3 is 2.02 bits per heavy atom. The molecule has 0 aromatic carbocycles. The van der Waals surface area contributed by atoms with Crippen LogP contribution in [0, 0.1) is 34.5 Å². The largest absolute Gasteiger partial charge is 0.463 e. The molecule has 0 radical (unpaired) electrons. The molecular formula is C45H62O16. The Morgan fingerprint density at radius 2 is 1.41 bits per heavy atom. The minimum atomic E-state index is -1.83. The molecule has 16 heteroatoms. The molecule has 0 spiro atoms. The van der Waals surface area contributed by atoms with Crippen LogP contribution in [0.4, 0.5) is 0 Å². The quantitative estimate of drug-likeness (QED) is 0.226. The van der Waals surface area contributed by atoms with Crippen LogP contribution in [0.15, 0.2) is 22.8 Å². The highest BCUT2D eigenvalue weighted by Crippen LogP contribution is 2.67. The number of esters is 5. The highest BCUT2D eigenvalue weighted by Gasteiger charge is 2.70. The summed E-state index contributed by atoms with van der Waals surface area (Å²) in [6, 6.07) is 0. The minimum absolute atomic E-state index is 0.101. The average molecular weight is 859 g/mol. The predicted molar refractivity (Wildman–Crippen MR) is 210 cm³/mol. The van der Waals surface area contributed by atoms with Gasteiger partial charge in [-0.2, -0.15) is 0 Å². The monoisotopic (exact) mass is 858 g/mol. The van der Waals surface area contributed by atoms with Crippen molar-refractivity contribution in [3.05, 3.63) is 22.8 Å². The van der Waals surface area contributed by atoms with Crippen LogP contribution in [0.1, 0.15) is 114 Å². The second kappa shape index (κ2) is 16.8. The lowest BCUT2D eigenvalue weighted by molar-refractivity contribution is -0.320. The Kier molecular flexibility index (Phi) is 12.5. The molecule has 1 N–H and O–H groups in total. The van der Waals surface area contributed by atoms with Gasteiger partial charge in [-0.15, -0.1) is 0 Å². The second-order valence-electron chi connectivity index (χ2n) is 18.9. The molecule has 4 aliphatic carbocycles. The lowest BCUT2D eigenvalue weighted by atomic mass is 9.51. The highest BCUT2D eigenvalue weighted by molar-refractivity contribution is 5.86. The second-order valence-corrected chi connectivity index (χ2v) is 18.9. The topological polar surface area (TPSA) is 206 Å². The van der Waals surface area contributed by atoms with Crippen molar-refractivity contribution in [2.24, 2.45) is 34.5 Å². The van der Waals surface area contributed by atoms with Gasteiger partial charge in [0, 0.05) is 40.5 Å². The molecule has 0 aromatic heterocycles. The fourth-order valence-electron chi connectivity index (χ4n) is 12.2. The number of ether oxygens (including phenoxy) is 9. The number of aliphatic hydroxyl groups is 1. The van der Waals surface area contributed by atoms with Gasteiger partial charge in [-0.3, -0.25) is 28.8 Å². The standard InChI is InChI=1S/C45H62O16/c1-20(2)45(52,21(3)46)40-37-34(41(61-40)57-26(8)51)35-32(59-37)18-31-29-12-11-27-17-28(13-15-43(27,9)30(29)14-16-44(31,35)10)58-42-39(56-25(7)50)38(55-24(6)49)36(54-23(5)48)33(60-42)19-53-22(4)47/h18,20,27-28,32-42,52H,11-17,19H2,1-10H3/t27-,28-,32-,33+,34-,35+,36+,37+,38-,39+,40-,41-,42+,43-,44-,45+/m0/s1. The van der Waals surface area contributed by atoms with Crippen LogP contribution in [-0.4, -0.2) is 114 Å². The van der Waals surface area contributed by atoms with Crippen molar-refractivity contribution in [1.29, 1.82) is 0 Å². The Morgan fingerprint density at radius 1 is 0.770 bits per heavy atom. The van der Waals surface area contributed by atoms with Gasteiger partial charge in [-0.1, -0.05) is 39.3 Å². The number of carbonyl (C=O) groups is 6. The van der Waals surface area contributed by atoms with Gasteiger partial charge in [0.05, 0.1) is 24.2 Å². The molecule has 0 unspecified atom stereocenters. The normalized spacial score (nSPS) is 40.9. The summed E-state index contributed by atoms with van der Waals surface area (Å²) in [7, 11) is 0. The van der Waals surface area contributed by atoms with E-state index in [9.17, 15) is 33.9 Å². The number of Topliss-reactive ketones (excluding diaryl/α,β-unsaturated/α-hetero) is 1. The molecular weight excluding hydrogens is 796 g/mol. The summed E-state index contributed by atoms with van der Waals surface area (Å²) in [5.74, 6) is -4.35. The van der Waals surface area contributed by atoms with E-state index in [2.05, 4.69) is 19.9 Å². The Bertz CT molecular complexity index is 1870. The first kappa shape index (κ1) is 45.3. The van der Waals surface area contributed by atoms with Crippen molar-refractivity contribution < 1.29 is 76.5 Å². The third kappa shape index (κ3) is 7.97. The van der Waals surface area contributed by atoms with Crippen molar-refractivity contribution in [2.75, 3.05) is 6.61 Å². The first-order valence-electron chi connectivity index (χ1n) is 21.7. The molecule has 3 aliphatic heterocycles. The smallest absolute Gasteiger partial charge is 0.304 e. The third-order valence-corrected chi connectivity index (χ3v) is 14.9. The lowest BCUT2D eigenvalue weighted by Gasteiger charge is -2.54. The molecule has 3 saturated heterocycles. The summed E-state index contributed by atoms with van der Waals surface area (Å²) in [6.45, 7) is 15.3. The zero-order chi connectivity index (χ0) is 44.5. The maximum absolute atomic E-state index is 13.0. The summed E-state index contributed by atoms with van der Waals surface area (Å²) in [4.78, 5) is 74.2. The fourth-order valence-corrected chi connectivity index (χ4v) is 12.2. The van der Waals surface area contributed by atoms with E-state index in [-0.39, 0.29) is 47.4 Å². The molecule has 7 rings (SSSR count). The molecule has 16 atom stereocenters. The maximum atomic E-state index is 13.0. The maximum Gasteiger partial charge on any atom is 0.304 e. The van der Waals surface area contributed by atoms with Crippen LogP contribution in [0.3, 0.4) is 0 Å². The van der Waals surface area contributed by atoms with Crippen LogP contribution in [0.5, 0.6) is 0 Å². The minimum Gasteiger partial charge on any atom is -0.463 e. The molecule has 7 aliphatic rings. The van der Waals surface area contributed by atoms with Crippen LogP contribution in [0.2, 0.25) is 0 Å². The fraction of sp³-hybridized carbons (Fsp3) is 0.778. The van der Waals surface area contributed by atoms with Crippen molar-refractivity contribution in [2.45, 2.75) is 181 Å². The van der Waals surface area contributed by atoms with Gasteiger partial charge in [-0.25, -0.2) is 0 Å². The molecule has 0 amide bonds. The van der Waals surface area contributed by atoms with E-state index in [1.165, 1.54) is 58.3 Å². The molecule has 4 fully saturated rings. The summed E-state index contributed by atoms with van der Waals surface area (Å²) >= 11 is 0. The van der Waals surface area contributed by atoms with E-state index in [1.807, 2.05) is 0 Å². The number of carbonyl (C=O) groups excluding carboxylic acids is 6. The molecule has 3 heterocycles. The van der Waals surface area contributed by atoms with Crippen LogP contribution in [-0.2, 0) is 71.4 Å². The van der Waals surface area contributed by atoms with Gasteiger partial charge in [0.15, 0.2) is 36.0 Å². The van der Waals surface area contributed by atoms with Gasteiger partial charge < -0.3 is 47.7 Å². The molecule has 1 saturated carbocycles. The van der Waals surface area contributed by atoms with Crippen LogP contribution in [0.25, 0.3) is 0 Å². The van der Waals surface area contributed by atoms with Crippen molar-refractivity contribution in [3.63, 3.8) is 0 Å². The summed E-state index contributed by atoms with van der Waals surface area (Å²) in [5.41, 5.74) is 1.74. The molecule has 61 heavy (non-hydrogen) atoms. The van der Waals surface area contributed by atoms with E-state index in [4.69, 9.17) is 42.6 Å². The first-order chi connectivity index (χ1) is 28.6. The van der Waals surface area contributed by atoms with Crippen LogP contribution < -0.4 is 0 Å². The average Bonchev–Trinajstić information content (AvgIpc) is 3.79. The van der Waals surface area contributed by atoms with Crippen molar-refractivity contribution in [1.82, 2.24) is 0 Å². The number of allylic oxidation sites excluding steroid dienone is 3. The third-order valence-electron chi connectivity index (χ3n) is 14.9. The summed E-state index contributed by atoms with van der Waals surface area (Å²) in [5, 5.41) is 11.8. The molecule has 16 nitrogen and oxygen atoms in total.